The largest absolute Gasteiger partial charge is 0.465 e. The average molecular weight is 368 g/mol. The van der Waals surface area contributed by atoms with Crippen LogP contribution in [0.25, 0.3) is 0 Å². The van der Waals surface area contributed by atoms with Crippen LogP contribution in [-0.2, 0) is 20.6 Å². The molecule has 0 fully saturated rings. The van der Waals surface area contributed by atoms with Gasteiger partial charge in [0, 0.05) is 11.3 Å². The Balaban J connectivity index is 2.05. The molecule has 0 atom stereocenters. The monoisotopic (exact) mass is 368 g/mol. The minimum Gasteiger partial charge on any atom is -0.465 e. The highest BCUT2D eigenvalue weighted by Crippen LogP contribution is 2.20. The quantitative estimate of drug-likeness (QED) is 0.599. The predicted molar refractivity (Wildman–Crippen MR) is 89.8 cm³/mol. The predicted octanol–water partition coefficient (Wildman–Crippen LogP) is 3.15. The van der Waals surface area contributed by atoms with Gasteiger partial charge < -0.3 is 14.2 Å². The highest BCUT2D eigenvalue weighted by Gasteiger charge is 2.32. The van der Waals surface area contributed by atoms with E-state index in [4.69, 9.17) is 9.47 Å². The molecule has 0 saturated heterocycles. The van der Waals surface area contributed by atoms with E-state index < -0.39 is 23.8 Å². The van der Waals surface area contributed by atoms with E-state index in [0.717, 1.165) is 21.2 Å². The first-order valence-electron chi connectivity index (χ1n) is 7.55. The molecule has 1 aromatic heterocycles. The summed E-state index contributed by atoms with van der Waals surface area (Å²) >= 11 is 1.27. The van der Waals surface area contributed by atoms with Crippen LogP contribution < -0.4 is 0 Å². The molecule has 1 aliphatic heterocycles. The summed E-state index contributed by atoms with van der Waals surface area (Å²) in [4.78, 5) is 37.1. The van der Waals surface area contributed by atoms with Crippen LogP contribution in [0.5, 0.6) is 0 Å². The zero-order valence-electron chi connectivity index (χ0n) is 14.5. The van der Waals surface area contributed by atoms with Gasteiger partial charge in [0.15, 0.2) is 0 Å². The number of esters is 1. The van der Waals surface area contributed by atoms with Gasteiger partial charge in [0.1, 0.15) is 16.7 Å². The fourth-order valence-electron chi connectivity index (χ4n) is 1.98. The third kappa shape index (κ3) is 4.96. The molecule has 136 valence electrons. The van der Waals surface area contributed by atoms with Crippen molar-refractivity contribution in [2.75, 3.05) is 13.7 Å². The number of cyclic esters (lactones) is 1. The van der Waals surface area contributed by atoms with Gasteiger partial charge in [0.2, 0.25) is 0 Å². The van der Waals surface area contributed by atoms with Crippen LogP contribution in [0, 0.1) is 0 Å². The van der Waals surface area contributed by atoms with Crippen LogP contribution in [0.4, 0.5) is 9.59 Å². The van der Waals surface area contributed by atoms with Gasteiger partial charge in [-0.2, -0.15) is 5.01 Å². The molecular weight excluding hydrogens is 348 g/mol. The topological polar surface area (TPSA) is 85.4 Å². The molecule has 2 rings (SSSR count). The Morgan fingerprint density at radius 3 is 2.64 bits per heavy atom. The van der Waals surface area contributed by atoms with E-state index in [1.165, 1.54) is 24.6 Å². The van der Waals surface area contributed by atoms with Crippen molar-refractivity contribution >= 4 is 29.5 Å². The van der Waals surface area contributed by atoms with Crippen molar-refractivity contribution in [2.24, 2.45) is 0 Å². The van der Waals surface area contributed by atoms with Crippen molar-refractivity contribution < 1.29 is 28.6 Å². The van der Waals surface area contributed by atoms with Gasteiger partial charge in [-0.05, 0) is 32.9 Å². The average Bonchev–Trinajstić information content (AvgIpc) is 3.00. The molecule has 0 saturated carbocycles. The van der Waals surface area contributed by atoms with Crippen LogP contribution in [0.1, 0.15) is 35.3 Å². The molecule has 0 N–H and O–H groups in total. The number of ether oxygens (including phenoxy) is 3. The van der Waals surface area contributed by atoms with E-state index in [1.807, 2.05) is 0 Å². The molecule has 9 heteroatoms. The number of thiophene rings is 1. The number of carbonyl (C=O) groups is 3. The maximum Gasteiger partial charge on any atom is 0.434 e. The van der Waals surface area contributed by atoms with Crippen LogP contribution >= 0.6 is 11.3 Å². The smallest absolute Gasteiger partial charge is 0.434 e. The van der Waals surface area contributed by atoms with E-state index in [2.05, 4.69) is 4.74 Å². The number of carbonyl (C=O) groups excluding carboxylic acids is 3. The fraction of sp³-hybridized carbons (Fsp3) is 0.438. The number of hydrogen-bond acceptors (Lipinski definition) is 7. The summed E-state index contributed by atoms with van der Waals surface area (Å²) < 4.78 is 14.8. The molecule has 8 nitrogen and oxygen atoms in total. The number of rotatable bonds is 4. The SMILES string of the molecule is COC(=O)c1ccc(CCN2C(=O)OC=CN2C(=O)OC(C)(C)C)s1. The highest BCUT2D eigenvalue weighted by molar-refractivity contribution is 7.13. The summed E-state index contributed by atoms with van der Waals surface area (Å²) in [6, 6.07) is 3.44. The second-order valence-electron chi connectivity index (χ2n) is 6.12. The first-order chi connectivity index (χ1) is 11.7. The van der Waals surface area contributed by atoms with Crippen molar-refractivity contribution in [3.8, 4) is 0 Å². The molecule has 0 aliphatic carbocycles. The van der Waals surface area contributed by atoms with Crippen LogP contribution in [-0.4, -0.2) is 47.4 Å². The van der Waals surface area contributed by atoms with Gasteiger partial charge in [0.25, 0.3) is 0 Å². The zero-order chi connectivity index (χ0) is 18.6. The van der Waals surface area contributed by atoms with Crippen molar-refractivity contribution in [3.05, 3.63) is 34.3 Å². The van der Waals surface area contributed by atoms with Crippen molar-refractivity contribution in [1.29, 1.82) is 0 Å². The Bertz CT molecular complexity index is 691. The zero-order valence-corrected chi connectivity index (χ0v) is 15.3. The van der Waals surface area contributed by atoms with E-state index in [0.29, 0.717) is 11.3 Å². The molecule has 2 heterocycles. The normalized spacial score (nSPS) is 14.3. The van der Waals surface area contributed by atoms with Crippen LogP contribution in [0.3, 0.4) is 0 Å². The summed E-state index contributed by atoms with van der Waals surface area (Å²) in [5, 5.41) is 2.22. The van der Waals surface area contributed by atoms with Crippen molar-refractivity contribution in [1.82, 2.24) is 10.0 Å². The van der Waals surface area contributed by atoms with Gasteiger partial charge in [0.05, 0.1) is 19.9 Å². The maximum atomic E-state index is 12.3. The molecule has 0 bridgehead atoms. The molecule has 0 radical (unpaired) electrons. The summed E-state index contributed by atoms with van der Waals surface area (Å²) in [5.41, 5.74) is -0.693. The second-order valence-corrected chi connectivity index (χ2v) is 7.29. The molecule has 1 aliphatic rings. The Labute approximate surface area is 149 Å². The summed E-state index contributed by atoms with van der Waals surface area (Å²) in [5.74, 6) is -0.410. The van der Waals surface area contributed by atoms with Crippen LogP contribution in [0.15, 0.2) is 24.6 Å². The minimum atomic E-state index is -0.693. The number of hydrazine groups is 1. The lowest BCUT2D eigenvalue weighted by Gasteiger charge is -2.34. The first-order valence-corrected chi connectivity index (χ1v) is 8.37. The molecule has 25 heavy (non-hydrogen) atoms. The number of amides is 2. The third-order valence-corrected chi connectivity index (χ3v) is 4.17. The second kappa shape index (κ2) is 7.56. The van der Waals surface area contributed by atoms with E-state index >= 15 is 0 Å². The van der Waals surface area contributed by atoms with Crippen LogP contribution in [0.2, 0.25) is 0 Å². The molecule has 0 aromatic carbocycles. The molecule has 2 amide bonds. The number of methoxy groups -OCH3 is 1. The van der Waals surface area contributed by atoms with Crippen molar-refractivity contribution in [2.45, 2.75) is 32.8 Å². The van der Waals surface area contributed by atoms with Gasteiger partial charge in [-0.25, -0.2) is 19.4 Å². The third-order valence-electron chi connectivity index (χ3n) is 3.04. The Morgan fingerprint density at radius 2 is 2.00 bits per heavy atom. The standard InChI is InChI=1S/C16H20N2O6S/c1-16(2,3)24-15(21)18-9-10-23-14(20)17(18)8-7-11-5-6-12(25-11)13(19)22-4/h5-6,9-10H,7-8H2,1-4H3. The van der Waals surface area contributed by atoms with Crippen molar-refractivity contribution in [3.63, 3.8) is 0 Å². The maximum absolute atomic E-state index is 12.3. The Hall–Kier alpha value is -2.55. The van der Waals surface area contributed by atoms with Gasteiger partial charge in [-0.1, -0.05) is 0 Å². The van der Waals surface area contributed by atoms with Gasteiger partial charge in [-0.15, -0.1) is 11.3 Å². The lowest BCUT2D eigenvalue weighted by atomic mass is 10.2. The molecule has 0 spiro atoms. The summed E-state index contributed by atoms with van der Waals surface area (Å²) in [6.45, 7) is 5.40. The lowest BCUT2D eigenvalue weighted by Crippen LogP contribution is -2.50. The number of hydrogen-bond donors (Lipinski definition) is 0. The van der Waals surface area contributed by atoms with E-state index in [1.54, 1.807) is 32.9 Å². The van der Waals surface area contributed by atoms with E-state index in [-0.39, 0.29) is 6.54 Å². The minimum absolute atomic E-state index is 0.184. The highest BCUT2D eigenvalue weighted by atomic mass is 32.1. The summed E-state index contributed by atoms with van der Waals surface area (Å²) in [6.07, 6.45) is 1.52. The Morgan fingerprint density at radius 1 is 1.28 bits per heavy atom. The van der Waals surface area contributed by atoms with Gasteiger partial charge in [-0.3, -0.25) is 0 Å². The van der Waals surface area contributed by atoms with E-state index in [9.17, 15) is 14.4 Å². The molecule has 0 unspecified atom stereocenters. The molecule has 1 aromatic rings. The lowest BCUT2D eigenvalue weighted by molar-refractivity contribution is -0.0282. The van der Waals surface area contributed by atoms with Gasteiger partial charge >= 0.3 is 18.2 Å². The fourth-order valence-corrected chi connectivity index (χ4v) is 2.90. The number of nitrogens with zero attached hydrogens (tertiary/aromatic N) is 2. The first kappa shape index (κ1) is 18.8. The molecular formula is C16H20N2O6S. The Kier molecular flexibility index (Phi) is 5.68. The summed E-state index contributed by atoms with van der Waals surface area (Å²) in [7, 11) is 1.32.